The van der Waals surface area contributed by atoms with Crippen LogP contribution < -0.4 is 10.1 Å². The fraction of sp³-hybridized carbons (Fsp3) is 0.130. The molecule has 0 saturated carbocycles. The molecule has 148 valence electrons. The monoisotopic (exact) mass is 500 g/mol. The Bertz CT molecular complexity index is 1020. The van der Waals surface area contributed by atoms with Gasteiger partial charge in [-0.25, -0.2) is 0 Å². The molecule has 5 nitrogen and oxygen atoms in total. The van der Waals surface area contributed by atoms with Crippen molar-refractivity contribution in [2.75, 3.05) is 19.5 Å². The summed E-state index contributed by atoms with van der Waals surface area (Å²) in [5, 5.41) is 2.85. The molecule has 0 heterocycles. The Hall–Kier alpha value is -2.87. The van der Waals surface area contributed by atoms with Crippen LogP contribution in [0.2, 0.25) is 0 Å². The van der Waals surface area contributed by atoms with E-state index in [1.54, 1.807) is 61.5 Å². The van der Waals surface area contributed by atoms with Crippen LogP contribution in [0.25, 0.3) is 0 Å². The molecular weight excluding hydrogens is 479 g/mol. The first-order chi connectivity index (χ1) is 14.0. The molecular formula is C23H21IN2O3. The summed E-state index contributed by atoms with van der Waals surface area (Å²) in [4.78, 5) is 27.0. The third-order valence-corrected chi connectivity index (χ3v) is 5.23. The van der Waals surface area contributed by atoms with Gasteiger partial charge in [0.2, 0.25) is 0 Å². The van der Waals surface area contributed by atoms with E-state index in [4.69, 9.17) is 4.74 Å². The summed E-state index contributed by atoms with van der Waals surface area (Å²) >= 11 is 2.13. The molecule has 0 aromatic heterocycles. The van der Waals surface area contributed by atoms with E-state index in [2.05, 4.69) is 27.9 Å². The molecule has 0 fully saturated rings. The van der Waals surface area contributed by atoms with Gasteiger partial charge in [-0.1, -0.05) is 36.4 Å². The summed E-state index contributed by atoms with van der Waals surface area (Å²) in [5.74, 6) is 0.368. The second kappa shape index (κ2) is 9.56. The van der Waals surface area contributed by atoms with Gasteiger partial charge in [-0.3, -0.25) is 9.59 Å². The Kier molecular flexibility index (Phi) is 6.87. The molecule has 0 radical (unpaired) electrons. The summed E-state index contributed by atoms with van der Waals surface area (Å²) in [6.07, 6.45) is 0. The van der Waals surface area contributed by atoms with E-state index in [1.165, 1.54) is 0 Å². The van der Waals surface area contributed by atoms with Crippen LogP contribution >= 0.6 is 22.6 Å². The molecule has 0 bridgehead atoms. The fourth-order valence-corrected chi connectivity index (χ4v) is 3.63. The number of halogens is 1. The highest BCUT2D eigenvalue weighted by Gasteiger charge is 2.14. The van der Waals surface area contributed by atoms with E-state index in [0.717, 1.165) is 14.9 Å². The maximum absolute atomic E-state index is 12.8. The number of benzene rings is 3. The number of methoxy groups -OCH3 is 1. The van der Waals surface area contributed by atoms with Crippen molar-refractivity contribution in [2.24, 2.45) is 0 Å². The maximum Gasteiger partial charge on any atom is 0.255 e. The van der Waals surface area contributed by atoms with E-state index >= 15 is 0 Å². The first kappa shape index (κ1) is 20.9. The summed E-state index contributed by atoms with van der Waals surface area (Å²) in [6, 6.07) is 22.0. The van der Waals surface area contributed by atoms with Gasteiger partial charge in [0, 0.05) is 30.4 Å². The Labute approximate surface area is 183 Å². The van der Waals surface area contributed by atoms with Gasteiger partial charge in [-0.2, -0.15) is 0 Å². The van der Waals surface area contributed by atoms with Gasteiger partial charge in [-0.15, -0.1) is 0 Å². The number of rotatable bonds is 6. The Morgan fingerprint density at radius 1 is 0.966 bits per heavy atom. The van der Waals surface area contributed by atoms with Crippen molar-refractivity contribution in [1.29, 1.82) is 0 Å². The molecule has 29 heavy (non-hydrogen) atoms. The van der Waals surface area contributed by atoms with Crippen molar-refractivity contribution >= 4 is 40.1 Å². The predicted molar refractivity (Wildman–Crippen MR) is 122 cm³/mol. The predicted octanol–water partition coefficient (Wildman–Crippen LogP) is 4.82. The van der Waals surface area contributed by atoms with Gasteiger partial charge in [0.1, 0.15) is 5.75 Å². The standard InChI is InChI=1S/C23H21IN2O3/c1-26(15-16-7-4-3-5-8-16)23(28)18-9-6-10-19(13-18)25-22(27)17-11-12-21(29-2)20(24)14-17/h3-14H,15H2,1-2H3,(H,25,27). The second-order valence-corrected chi connectivity index (χ2v) is 7.69. The zero-order valence-corrected chi connectivity index (χ0v) is 18.3. The van der Waals surface area contributed by atoms with Crippen molar-refractivity contribution < 1.29 is 14.3 Å². The van der Waals surface area contributed by atoms with Gasteiger partial charge in [-0.05, 0) is 64.6 Å². The minimum Gasteiger partial charge on any atom is -0.496 e. The normalized spacial score (nSPS) is 10.3. The van der Waals surface area contributed by atoms with Gasteiger partial charge >= 0.3 is 0 Å². The molecule has 0 saturated heterocycles. The van der Waals surface area contributed by atoms with Crippen LogP contribution in [0.3, 0.4) is 0 Å². The van der Waals surface area contributed by atoms with Crippen LogP contribution in [0.1, 0.15) is 26.3 Å². The molecule has 0 unspecified atom stereocenters. The topological polar surface area (TPSA) is 58.6 Å². The number of nitrogens with zero attached hydrogens (tertiary/aromatic N) is 1. The lowest BCUT2D eigenvalue weighted by Crippen LogP contribution is -2.26. The van der Waals surface area contributed by atoms with E-state index in [1.807, 2.05) is 30.3 Å². The zero-order valence-electron chi connectivity index (χ0n) is 16.2. The van der Waals surface area contributed by atoms with Gasteiger partial charge in [0.05, 0.1) is 10.7 Å². The maximum atomic E-state index is 12.8. The molecule has 3 rings (SSSR count). The number of hydrogen-bond donors (Lipinski definition) is 1. The number of nitrogens with one attached hydrogen (secondary N) is 1. The van der Waals surface area contributed by atoms with Gasteiger partial charge in [0.15, 0.2) is 0 Å². The second-order valence-electron chi connectivity index (χ2n) is 6.53. The van der Waals surface area contributed by atoms with E-state index in [9.17, 15) is 9.59 Å². The number of ether oxygens (including phenoxy) is 1. The Morgan fingerprint density at radius 2 is 1.72 bits per heavy atom. The lowest BCUT2D eigenvalue weighted by Gasteiger charge is -2.18. The smallest absolute Gasteiger partial charge is 0.255 e. The van der Waals surface area contributed by atoms with Gasteiger partial charge < -0.3 is 15.0 Å². The molecule has 0 atom stereocenters. The molecule has 1 N–H and O–H groups in total. The summed E-state index contributed by atoms with van der Waals surface area (Å²) in [6.45, 7) is 0.514. The molecule has 2 amide bonds. The van der Waals surface area contributed by atoms with Crippen LogP contribution in [0.4, 0.5) is 5.69 Å². The number of carbonyl (C=O) groups is 2. The molecule has 3 aromatic rings. The molecule has 0 spiro atoms. The van der Waals surface area contributed by atoms with Crippen molar-refractivity contribution in [3.8, 4) is 5.75 Å². The Balaban J connectivity index is 1.71. The van der Waals surface area contributed by atoms with Crippen molar-refractivity contribution in [1.82, 2.24) is 4.90 Å². The first-order valence-electron chi connectivity index (χ1n) is 9.02. The number of anilines is 1. The van der Waals surface area contributed by atoms with Crippen LogP contribution in [-0.2, 0) is 6.54 Å². The number of amides is 2. The van der Waals surface area contributed by atoms with E-state index in [-0.39, 0.29) is 11.8 Å². The number of hydrogen-bond acceptors (Lipinski definition) is 3. The lowest BCUT2D eigenvalue weighted by molar-refractivity contribution is 0.0784. The molecule has 6 heteroatoms. The zero-order chi connectivity index (χ0) is 20.8. The molecule has 0 aliphatic rings. The third-order valence-electron chi connectivity index (χ3n) is 4.39. The van der Waals surface area contributed by atoms with E-state index in [0.29, 0.717) is 23.4 Å². The third kappa shape index (κ3) is 5.35. The summed E-state index contributed by atoms with van der Waals surface area (Å²) in [5.41, 5.74) is 2.67. The average molecular weight is 500 g/mol. The number of carbonyl (C=O) groups excluding carboxylic acids is 2. The van der Waals surface area contributed by atoms with Crippen molar-refractivity contribution in [3.05, 3.63) is 93.1 Å². The highest BCUT2D eigenvalue weighted by atomic mass is 127. The van der Waals surface area contributed by atoms with Crippen LogP contribution in [0.15, 0.2) is 72.8 Å². The Morgan fingerprint density at radius 3 is 2.41 bits per heavy atom. The first-order valence-corrected chi connectivity index (χ1v) is 10.1. The van der Waals surface area contributed by atoms with E-state index < -0.39 is 0 Å². The van der Waals surface area contributed by atoms with Crippen LogP contribution in [0, 0.1) is 3.57 Å². The quantitative estimate of drug-likeness (QED) is 0.494. The van der Waals surface area contributed by atoms with Crippen LogP contribution in [0.5, 0.6) is 5.75 Å². The molecule has 3 aromatic carbocycles. The van der Waals surface area contributed by atoms with Gasteiger partial charge in [0.25, 0.3) is 11.8 Å². The molecule has 0 aliphatic carbocycles. The average Bonchev–Trinajstić information content (AvgIpc) is 2.74. The summed E-state index contributed by atoms with van der Waals surface area (Å²) < 4.78 is 6.07. The SMILES string of the molecule is COc1ccc(C(=O)Nc2cccc(C(=O)N(C)Cc3ccccc3)c2)cc1I. The minimum absolute atomic E-state index is 0.107. The van der Waals surface area contributed by atoms with Crippen molar-refractivity contribution in [2.45, 2.75) is 6.54 Å². The molecule has 0 aliphatic heterocycles. The minimum atomic E-state index is -0.243. The summed E-state index contributed by atoms with van der Waals surface area (Å²) in [7, 11) is 3.36. The van der Waals surface area contributed by atoms with Crippen LogP contribution in [-0.4, -0.2) is 30.9 Å². The van der Waals surface area contributed by atoms with Crippen molar-refractivity contribution in [3.63, 3.8) is 0 Å². The lowest BCUT2D eigenvalue weighted by atomic mass is 10.1. The highest BCUT2D eigenvalue weighted by Crippen LogP contribution is 2.22. The highest BCUT2D eigenvalue weighted by molar-refractivity contribution is 14.1. The fourth-order valence-electron chi connectivity index (χ4n) is 2.89. The largest absolute Gasteiger partial charge is 0.496 e.